The molecule has 0 radical (unpaired) electrons. The molecule has 0 saturated heterocycles. The maximum Gasteiger partial charge on any atom is 0.264 e. The maximum absolute atomic E-state index is 13.1. The van der Waals surface area contributed by atoms with E-state index in [4.69, 9.17) is 11.6 Å². The van der Waals surface area contributed by atoms with Gasteiger partial charge in [0.05, 0.1) is 10.6 Å². The van der Waals surface area contributed by atoms with Crippen molar-refractivity contribution in [2.45, 2.75) is 11.4 Å². The van der Waals surface area contributed by atoms with Crippen molar-refractivity contribution < 1.29 is 17.6 Å². The molecule has 0 aliphatic rings. The van der Waals surface area contributed by atoms with Crippen LogP contribution < -0.4 is 4.31 Å². The predicted octanol–water partition coefficient (Wildman–Crippen LogP) is 4.58. The molecule has 0 spiro atoms. The third kappa shape index (κ3) is 4.80. The lowest BCUT2D eigenvalue weighted by Gasteiger charge is -2.21. The zero-order valence-electron chi connectivity index (χ0n) is 16.4. The molecule has 0 aromatic heterocycles. The largest absolute Gasteiger partial charge is 0.337 e. The van der Waals surface area contributed by atoms with Crippen LogP contribution in [0.15, 0.2) is 77.7 Å². The molecule has 0 aliphatic heterocycles. The van der Waals surface area contributed by atoms with Crippen LogP contribution in [0.25, 0.3) is 0 Å². The van der Waals surface area contributed by atoms with Crippen molar-refractivity contribution >= 4 is 33.2 Å². The SMILES string of the molecule is CN(Cc1ccc(F)cc1)C(=O)c1cccc(S(=O)(=O)N(C)c2cccc(Cl)c2)c1. The molecular formula is C22H20ClFN2O3S. The summed E-state index contributed by atoms with van der Waals surface area (Å²) in [6, 6.07) is 18.2. The molecule has 0 saturated carbocycles. The number of carbonyl (C=O) groups excluding carboxylic acids is 1. The molecule has 0 fully saturated rings. The second-order valence-corrected chi connectivity index (χ2v) is 9.17. The van der Waals surface area contributed by atoms with Gasteiger partial charge in [0.15, 0.2) is 0 Å². The zero-order chi connectivity index (χ0) is 21.9. The first-order chi connectivity index (χ1) is 14.2. The minimum atomic E-state index is -3.89. The summed E-state index contributed by atoms with van der Waals surface area (Å²) in [4.78, 5) is 14.2. The van der Waals surface area contributed by atoms with Crippen molar-refractivity contribution in [2.75, 3.05) is 18.4 Å². The molecule has 0 aliphatic carbocycles. The number of hydrogen-bond acceptors (Lipinski definition) is 3. The first-order valence-electron chi connectivity index (χ1n) is 9.03. The average Bonchev–Trinajstić information content (AvgIpc) is 2.74. The van der Waals surface area contributed by atoms with Gasteiger partial charge in [-0.2, -0.15) is 0 Å². The molecule has 0 atom stereocenters. The Morgan fingerprint density at radius 2 is 1.63 bits per heavy atom. The number of carbonyl (C=O) groups is 1. The van der Waals surface area contributed by atoms with Crippen molar-refractivity contribution in [3.63, 3.8) is 0 Å². The van der Waals surface area contributed by atoms with Gasteiger partial charge < -0.3 is 4.90 Å². The Hall–Kier alpha value is -2.90. The van der Waals surface area contributed by atoms with Crippen LogP contribution in [0.1, 0.15) is 15.9 Å². The van der Waals surface area contributed by atoms with E-state index in [0.29, 0.717) is 10.7 Å². The first-order valence-corrected chi connectivity index (χ1v) is 10.8. The summed E-state index contributed by atoms with van der Waals surface area (Å²) in [5.74, 6) is -0.698. The van der Waals surface area contributed by atoms with E-state index in [1.54, 1.807) is 49.5 Å². The minimum Gasteiger partial charge on any atom is -0.337 e. The Kier molecular flexibility index (Phi) is 6.43. The highest BCUT2D eigenvalue weighted by Crippen LogP contribution is 2.25. The number of sulfonamides is 1. The molecule has 1 amide bonds. The van der Waals surface area contributed by atoms with Crippen LogP contribution in [0.3, 0.4) is 0 Å². The highest BCUT2D eigenvalue weighted by molar-refractivity contribution is 7.92. The van der Waals surface area contributed by atoms with Gasteiger partial charge in [0.25, 0.3) is 15.9 Å². The molecule has 0 N–H and O–H groups in total. The predicted molar refractivity (Wildman–Crippen MR) is 116 cm³/mol. The summed E-state index contributed by atoms with van der Waals surface area (Å²) in [6.07, 6.45) is 0. The van der Waals surface area contributed by atoms with Crippen LogP contribution >= 0.6 is 11.6 Å². The first kappa shape index (κ1) is 21.8. The van der Waals surface area contributed by atoms with Crippen molar-refractivity contribution in [2.24, 2.45) is 0 Å². The van der Waals surface area contributed by atoms with Crippen LogP contribution in [0.5, 0.6) is 0 Å². The molecular weight excluding hydrogens is 427 g/mol. The zero-order valence-corrected chi connectivity index (χ0v) is 18.0. The minimum absolute atomic E-state index is 0.00833. The molecule has 0 bridgehead atoms. The average molecular weight is 447 g/mol. The Balaban J connectivity index is 1.83. The van der Waals surface area contributed by atoms with E-state index in [2.05, 4.69) is 0 Å². The maximum atomic E-state index is 13.1. The third-order valence-corrected chi connectivity index (χ3v) is 6.61. The van der Waals surface area contributed by atoms with Gasteiger partial charge >= 0.3 is 0 Å². The highest BCUT2D eigenvalue weighted by atomic mass is 35.5. The topological polar surface area (TPSA) is 57.7 Å². The fourth-order valence-corrected chi connectivity index (χ4v) is 4.33. The van der Waals surface area contributed by atoms with E-state index in [1.165, 1.54) is 42.3 Å². The highest BCUT2D eigenvalue weighted by Gasteiger charge is 2.23. The smallest absolute Gasteiger partial charge is 0.264 e. The Morgan fingerprint density at radius 3 is 2.30 bits per heavy atom. The molecule has 8 heteroatoms. The molecule has 3 aromatic carbocycles. The Labute approximate surface area is 180 Å². The standard InChI is InChI=1S/C22H20ClFN2O3S/c1-25(15-16-9-11-19(24)12-10-16)22(27)17-5-3-8-21(13-17)30(28,29)26(2)20-7-4-6-18(23)14-20/h3-14H,15H2,1-2H3. The summed E-state index contributed by atoms with van der Waals surface area (Å²) in [6.45, 7) is 0.262. The van der Waals surface area contributed by atoms with Gasteiger partial charge in [-0.3, -0.25) is 9.10 Å². The number of rotatable bonds is 6. The van der Waals surface area contributed by atoms with E-state index in [9.17, 15) is 17.6 Å². The van der Waals surface area contributed by atoms with Crippen LogP contribution in [-0.4, -0.2) is 33.3 Å². The van der Waals surface area contributed by atoms with Gasteiger partial charge in [0.2, 0.25) is 0 Å². The molecule has 5 nitrogen and oxygen atoms in total. The summed E-state index contributed by atoms with van der Waals surface area (Å²) < 4.78 is 40.2. The van der Waals surface area contributed by atoms with Gasteiger partial charge in [-0.05, 0) is 54.1 Å². The van der Waals surface area contributed by atoms with E-state index in [-0.39, 0.29) is 28.7 Å². The fourth-order valence-electron chi connectivity index (χ4n) is 2.91. The number of halogens is 2. The number of nitrogens with zero attached hydrogens (tertiary/aromatic N) is 2. The Bertz CT molecular complexity index is 1170. The summed E-state index contributed by atoms with van der Waals surface area (Å²) in [5.41, 5.74) is 1.41. The molecule has 156 valence electrons. The Morgan fingerprint density at radius 1 is 0.967 bits per heavy atom. The van der Waals surface area contributed by atoms with Crippen LogP contribution in [-0.2, 0) is 16.6 Å². The van der Waals surface area contributed by atoms with Crippen molar-refractivity contribution in [1.29, 1.82) is 0 Å². The van der Waals surface area contributed by atoms with E-state index in [1.807, 2.05) is 0 Å². The van der Waals surface area contributed by atoms with Crippen LogP contribution in [0.4, 0.5) is 10.1 Å². The van der Waals surface area contributed by atoms with Gasteiger partial charge in [-0.15, -0.1) is 0 Å². The summed E-state index contributed by atoms with van der Waals surface area (Å²) in [5, 5.41) is 0.417. The third-order valence-electron chi connectivity index (χ3n) is 4.59. The molecule has 3 rings (SSSR count). The van der Waals surface area contributed by atoms with Crippen molar-refractivity contribution in [1.82, 2.24) is 4.90 Å². The number of amides is 1. The lowest BCUT2D eigenvalue weighted by molar-refractivity contribution is 0.0785. The fraction of sp³-hybridized carbons (Fsp3) is 0.136. The van der Waals surface area contributed by atoms with Crippen LogP contribution in [0.2, 0.25) is 5.02 Å². The molecule has 3 aromatic rings. The number of benzene rings is 3. The second-order valence-electron chi connectivity index (χ2n) is 6.77. The lowest BCUT2D eigenvalue weighted by atomic mass is 10.1. The number of hydrogen-bond donors (Lipinski definition) is 0. The van der Waals surface area contributed by atoms with Gasteiger partial charge in [-0.1, -0.05) is 35.9 Å². The molecule has 30 heavy (non-hydrogen) atoms. The summed E-state index contributed by atoms with van der Waals surface area (Å²) >= 11 is 5.97. The lowest BCUT2D eigenvalue weighted by Crippen LogP contribution is -2.28. The van der Waals surface area contributed by atoms with Gasteiger partial charge in [-0.25, -0.2) is 12.8 Å². The molecule has 0 heterocycles. The summed E-state index contributed by atoms with van der Waals surface area (Å²) in [7, 11) is -0.863. The monoisotopic (exact) mass is 446 g/mol. The van der Waals surface area contributed by atoms with Crippen LogP contribution in [0, 0.1) is 5.82 Å². The quantitative estimate of drug-likeness (QED) is 0.557. The molecule has 0 unspecified atom stereocenters. The van der Waals surface area contributed by atoms with Crippen molar-refractivity contribution in [3.8, 4) is 0 Å². The van der Waals surface area contributed by atoms with Gasteiger partial charge in [0.1, 0.15) is 5.82 Å². The van der Waals surface area contributed by atoms with E-state index < -0.39 is 10.0 Å². The number of anilines is 1. The van der Waals surface area contributed by atoms with Crippen molar-refractivity contribution in [3.05, 3.63) is 94.8 Å². The normalized spacial score (nSPS) is 11.2. The second kappa shape index (κ2) is 8.85. The van der Waals surface area contributed by atoms with E-state index in [0.717, 1.165) is 9.87 Å². The van der Waals surface area contributed by atoms with Gasteiger partial charge in [0, 0.05) is 31.2 Å². The van der Waals surface area contributed by atoms with E-state index >= 15 is 0 Å².